The second-order valence-corrected chi connectivity index (χ2v) is 7.29. The van der Waals surface area contributed by atoms with Gasteiger partial charge in [-0.2, -0.15) is 0 Å². The largest absolute Gasteiger partial charge is 0.340 e. The van der Waals surface area contributed by atoms with Crippen LogP contribution in [0.25, 0.3) is 11.0 Å². The van der Waals surface area contributed by atoms with Crippen molar-refractivity contribution in [3.05, 3.63) is 70.1 Å². The molecule has 0 aliphatic carbocycles. The molecule has 0 saturated carbocycles. The molecule has 0 radical (unpaired) electrons. The Kier molecular flexibility index (Phi) is 4.81. The van der Waals surface area contributed by atoms with Gasteiger partial charge >= 0.3 is 5.69 Å². The van der Waals surface area contributed by atoms with Gasteiger partial charge in [-0.15, -0.1) is 0 Å². The Morgan fingerprint density at radius 3 is 2.67 bits per heavy atom. The maximum atomic E-state index is 12.6. The topological polar surface area (TPSA) is 95.0 Å². The van der Waals surface area contributed by atoms with Crippen LogP contribution in [-0.2, 0) is 11.2 Å². The van der Waals surface area contributed by atoms with E-state index in [2.05, 4.69) is 22.1 Å². The first-order valence-corrected chi connectivity index (χ1v) is 9.39. The third kappa shape index (κ3) is 3.80. The predicted octanol–water partition coefficient (Wildman–Crippen LogP) is 2.13. The number of hydrogen-bond donors (Lipinski definition) is 3. The molecule has 2 aromatic carbocycles. The zero-order valence-electron chi connectivity index (χ0n) is 15.2. The zero-order chi connectivity index (χ0) is 18.8. The van der Waals surface area contributed by atoms with Gasteiger partial charge in [0, 0.05) is 31.5 Å². The van der Waals surface area contributed by atoms with Crippen LogP contribution in [0.3, 0.4) is 0 Å². The summed E-state index contributed by atoms with van der Waals surface area (Å²) >= 11 is 0. The molecule has 1 aliphatic heterocycles. The minimum Gasteiger partial charge on any atom is -0.340 e. The smallest absolute Gasteiger partial charge is 0.323 e. The highest BCUT2D eigenvalue weighted by Gasteiger charge is 2.33. The van der Waals surface area contributed by atoms with Crippen molar-refractivity contribution in [2.24, 2.45) is 5.73 Å². The number of imidazole rings is 1. The van der Waals surface area contributed by atoms with Crippen molar-refractivity contribution in [3.8, 4) is 0 Å². The van der Waals surface area contributed by atoms with Gasteiger partial charge in [0.25, 0.3) is 0 Å². The third-order valence-electron chi connectivity index (χ3n) is 5.38. The van der Waals surface area contributed by atoms with E-state index in [-0.39, 0.29) is 23.6 Å². The van der Waals surface area contributed by atoms with Gasteiger partial charge in [0.15, 0.2) is 0 Å². The first-order valence-electron chi connectivity index (χ1n) is 9.39. The van der Waals surface area contributed by atoms with E-state index in [4.69, 9.17) is 5.73 Å². The predicted molar refractivity (Wildman–Crippen MR) is 106 cm³/mol. The molecule has 1 saturated heterocycles. The monoisotopic (exact) mass is 364 g/mol. The fourth-order valence-electron chi connectivity index (χ4n) is 3.92. The van der Waals surface area contributed by atoms with Crippen LogP contribution in [0.4, 0.5) is 0 Å². The van der Waals surface area contributed by atoms with E-state index in [0.717, 1.165) is 29.4 Å². The van der Waals surface area contributed by atoms with E-state index in [1.807, 2.05) is 41.3 Å². The van der Waals surface area contributed by atoms with Crippen molar-refractivity contribution in [3.63, 3.8) is 0 Å². The Morgan fingerprint density at radius 2 is 1.85 bits per heavy atom. The van der Waals surface area contributed by atoms with Crippen LogP contribution in [0.5, 0.6) is 0 Å². The third-order valence-corrected chi connectivity index (χ3v) is 5.38. The summed E-state index contributed by atoms with van der Waals surface area (Å²) < 4.78 is 0. The van der Waals surface area contributed by atoms with Crippen molar-refractivity contribution in [2.45, 2.75) is 31.2 Å². The normalized spacial score (nSPS) is 19.7. The molecule has 6 nitrogen and oxygen atoms in total. The van der Waals surface area contributed by atoms with E-state index >= 15 is 0 Å². The van der Waals surface area contributed by atoms with E-state index in [1.165, 1.54) is 5.56 Å². The molecule has 1 amide bonds. The Hall–Kier alpha value is -2.86. The highest BCUT2D eigenvalue weighted by Crippen LogP contribution is 2.27. The minimum atomic E-state index is -0.198. The molecule has 2 atom stereocenters. The second-order valence-electron chi connectivity index (χ2n) is 7.29. The quantitative estimate of drug-likeness (QED) is 0.647. The average Bonchev–Trinajstić information content (AvgIpc) is 3.23. The van der Waals surface area contributed by atoms with Crippen LogP contribution < -0.4 is 11.4 Å². The van der Waals surface area contributed by atoms with Gasteiger partial charge in [-0.25, -0.2) is 4.79 Å². The van der Waals surface area contributed by atoms with E-state index in [0.29, 0.717) is 19.5 Å². The van der Waals surface area contributed by atoms with Crippen molar-refractivity contribution < 1.29 is 4.79 Å². The first-order chi connectivity index (χ1) is 13.1. The lowest BCUT2D eigenvalue weighted by molar-refractivity contribution is -0.130. The number of carbonyl (C=O) groups is 1. The molecule has 1 aromatic heterocycles. The maximum absolute atomic E-state index is 12.6. The number of aryl methyl sites for hydroxylation is 1. The highest BCUT2D eigenvalue weighted by atomic mass is 16.2. The summed E-state index contributed by atoms with van der Waals surface area (Å²) in [5.41, 5.74) is 10.0. The van der Waals surface area contributed by atoms with Gasteiger partial charge in [0.05, 0.1) is 11.0 Å². The van der Waals surface area contributed by atoms with Gasteiger partial charge in [0.1, 0.15) is 0 Å². The molecule has 1 aliphatic rings. The molecule has 27 heavy (non-hydrogen) atoms. The summed E-state index contributed by atoms with van der Waals surface area (Å²) in [7, 11) is 0. The molecule has 4 N–H and O–H groups in total. The number of fused-ring (bicyclic) bond motifs is 1. The van der Waals surface area contributed by atoms with Crippen LogP contribution in [0.15, 0.2) is 53.3 Å². The molecular formula is C21H24N4O2. The van der Waals surface area contributed by atoms with Crippen LogP contribution in [0, 0.1) is 0 Å². The van der Waals surface area contributed by atoms with Crippen molar-refractivity contribution in [2.75, 3.05) is 13.1 Å². The number of rotatable bonds is 5. The Morgan fingerprint density at radius 1 is 1.07 bits per heavy atom. The molecule has 3 aromatic rings. The SMILES string of the molecule is N[C@@H]1CN(C(=O)CCCc2ccc3[nH]c(=O)[nH]c3c2)C[C@H]1c1ccccc1. The summed E-state index contributed by atoms with van der Waals surface area (Å²) in [5.74, 6) is 0.378. The number of carbonyl (C=O) groups excluding carboxylic acids is 1. The number of hydrogen-bond acceptors (Lipinski definition) is 3. The van der Waals surface area contributed by atoms with Crippen molar-refractivity contribution in [1.29, 1.82) is 0 Å². The maximum Gasteiger partial charge on any atom is 0.323 e. The minimum absolute atomic E-state index is 0.0100. The molecule has 4 rings (SSSR count). The van der Waals surface area contributed by atoms with Crippen LogP contribution >= 0.6 is 0 Å². The molecule has 0 spiro atoms. The summed E-state index contributed by atoms with van der Waals surface area (Å²) in [6.07, 6.45) is 2.09. The fourth-order valence-corrected chi connectivity index (χ4v) is 3.92. The van der Waals surface area contributed by atoms with Gasteiger partial charge in [-0.3, -0.25) is 4.79 Å². The lowest BCUT2D eigenvalue weighted by Crippen LogP contribution is -2.32. The van der Waals surface area contributed by atoms with E-state index in [1.54, 1.807) is 0 Å². The highest BCUT2D eigenvalue weighted by molar-refractivity contribution is 5.77. The van der Waals surface area contributed by atoms with Crippen molar-refractivity contribution in [1.82, 2.24) is 14.9 Å². The molecule has 0 unspecified atom stereocenters. The van der Waals surface area contributed by atoms with Crippen LogP contribution in [0.2, 0.25) is 0 Å². The molecule has 0 bridgehead atoms. The number of likely N-dealkylation sites (tertiary alicyclic amines) is 1. The fraction of sp³-hybridized carbons (Fsp3) is 0.333. The van der Waals surface area contributed by atoms with Gasteiger partial charge < -0.3 is 20.6 Å². The summed E-state index contributed by atoms with van der Waals surface area (Å²) in [5, 5.41) is 0. The van der Waals surface area contributed by atoms with Crippen LogP contribution in [0.1, 0.15) is 29.9 Å². The molecule has 6 heteroatoms. The Labute approximate surface area is 157 Å². The standard InChI is InChI=1S/C21H24N4O2/c22-17-13-25(12-16(17)15-6-2-1-3-7-15)20(26)8-4-5-14-9-10-18-19(11-14)24-21(27)23-18/h1-3,6-7,9-11,16-17H,4-5,8,12-13,22H2,(H2,23,24,27)/t16-,17+/m0/s1. The number of aromatic nitrogens is 2. The number of amides is 1. The van der Waals surface area contributed by atoms with Crippen molar-refractivity contribution >= 4 is 16.9 Å². The lowest BCUT2D eigenvalue weighted by atomic mass is 9.95. The molecule has 140 valence electrons. The van der Waals surface area contributed by atoms with Gasteiger partial charge in [0.2, 0.25) is 5.91 Å². The second kappa shape index (κ2) is 7.40. The summed E-state index contributed by atoms with van der Waals surface area (Å²) in [6.45, 7) is 1.31. The van der Waals surface area contributed by atoms with Crippen LogP contribution in [-0.4, -0.2) is 39.9 Å². The number of benzene rings is 2. The average molecular weight is 364 g/mol. The lowest BCUT2D eigenvalue weighted by Gasteiger charge is -2.16. The number of aromatic amines is 2. The number of nitrogens with one attached hydrogen (secondary N) is 2. The first kappa shape index (κ1) is 17.5. The molecular weight excluding hydrogens is 340 g/mol. The van der Waals surface area contributed by atoms with E-state index in [9.17, 15) is 9.59 Å². The Balaban J connectivity index is 1.32. The number of nitrogens with two attached hydrogens (primary N) is 1. The molecule has 2 heterocycles. The summed E-state index contributed by atoms with van der Waals surface area (Å²) in [4.78, 5) is 31.3. The number of H-pyrrole nitrogens is 2. The van der Waals surface area contributed by atoms with Gasteiger partial charge in [-0.05, 0) is 36.1 Å². The molecule has 1 fully saturated rings. The summed E-state index contributed by atoms with van der Waals surface area (Å²) in [6, 6.07) is 16.0. The Bertz CT molecular complexity index is 992. The van der Waals surface area contributed by atoms with E-state index < -0.39 is 0 Å². The van der Waals surface area contributed by atoms with Gasteiger partial charge in [-0.1, -0.05) is 36.4 Å². The number of nitrogens with zero attached hydrogens (tertiary/aromatic N) is 1. The zero-order valence-corrected chi connectivity index (χ0v) is 15.2.